The average molecular weight is 402 g/mol. The largest absolute Gasteiger partial charge is 0.465 e. The third-order valence-electron chi connectivity index (χ3n) is 6.52. The fourth-order valence-corrected chi connectivity index (χ4v) is 4.92. The van der Waals surface area contributed by atoms with Crippen LogP contribution in [-0.4, -0.2) is 23.8 Å². The highest BCUT2D eigenvalue weighted by Gasteiger charge is 2.29. The number of fused-ring (bicyclic) bond motifs is 2. The van der Waals surface area contributed by atoms with Crippen molar-refractivity contribution in [3.8, 4) is 0 Å². The Labute approximate surface area is 174 Å². The number of halogens is 1. The molecule has 1 aromatic heterocycles. The first-order valence-electron chi connectivity index (χ1n) is 10.5. The summed E-state index contributed by atoms with van der Waals surface area (Å²) in [5.41, 5.74) is 5.89. The van der Waals surface area contributed by atoms with Crippen LogP contribution in [0.2, 0.25) is 0 Å². The van der Waals surface area contributed by atoms with Gasteiger partial charge in [-0.1, -0.05) is 6.07 Å². The van der Waals surface area contributed by atoms with Gasteiger partial charge in [0.15, 0.2) is 0 Å². The summed E-state index contributed by atoms with van der Waals surface area (Å²) in [7, 11) is 1.39. The van der Waals surface area contributed by atoms with E-state index in [0.29, 0.717) is 17.4 Å². The van der Waals surface area contributed by atoms with Crippen LogP contribution < -0.4 is 0 Å². The van der Waals surface area contributed by atoms with E-state index >= 15 is 0 Å². The number of ether oxygens (including phenoxy) is 1. The molecule has 2 aliphatic rings. The second-order valence-corrected chi connectivity index (χ2v) is 8.23. The first-order valence-corrected chi connectivity index (χ1v) is 10.5. The highest BCUT2D eigenvalue weighted by atomic mass is 19.1. The van der Waals surface area contributed by atoms with Crippen molar-refractivity contribution < 1.29 is 13.9 Å². The molecule has 0 atom stereocenters. The quantitative estimate of drug-likeness (QED) is 0.523. The lowest BCUT2D eigenvalue weighted by Crippen LogP contribution is -2.21. The van der Waals surface area contributed by atoms with E-state index < -0.39 is 0 Å². The van der Waals surface area contributed by atoms with Crippen LogP contribution in [0.4, 0.5) is 10.1 Å². The van der Waals surface area contributed by atoms with Gasteiger partial charge < -0.3 is 4.74 Å². The van der Waals surface area contributed by atoms with Gasteiger partial charge in [0.05, 0.1) is 23.9 Å². The Morgan fingerprint density at radius 1 is 1.03 bits per heavy atom. The lowest BCUT2D eigenvalue weighted by molar-refractivity contribution is 0.0601. The topological polar surface area (TPSA) is 51.5 Å². The minimum atomic E-state index is -0.331. The van der Waals surface area contributed by atoms with Crippen molar-refractivity contribution in [3.63, 3.8) is 0 Å². The molecule has 1 saturated carbocycles. The summed E-state index contributed by atoms with van der Waals surface area (Å²) in [4.78, 5) is 21.0. The van der Waals surface area contributed by atoms with Gasteiger partial charge in [0.2, 0.25) is 0 Å². The minimum absolute atomic E-state index is 0.213. The average Bonchev–Trinajstić information content (AvgIpc) is 3.21. The zero-order valence-corrected chi connectivity index (χ0v) is 16.9. The number of rotatable bonds is 3. The van der Waals surface area contributed by atoms with Crippen LogP contribution in [0.1, 0.15) is 53.1 Å². The molecule has 30 heavy (non-hydrogen) atoms. The molecule has 0 unspecified atom stereocenters. The number of nitrogens with zero attached hydrogens (tertiary/aromatic N) is 2. The van der Waals surface area contributed by atoms with Crippen LogP contribution in [0.25, 0.3) is 10.9 Å². The molecular weight excluding hydrogens is 379 g/mol. The van der Waals surface area contributed by atoms with Gasteiger partial charge in [-0.05, 0) is 85.0 Å². The minimum Gasteiger partial charge on any atom is -0.465 e. The number of methoxy groups -OCH3 is 1. The summed E-state index contributed by atoms with van der Waals surface area (Å²) in [5.74, 6) is 0.335. The molecule has 0 bridgehead atoms. The Hall–Kier alpha value is -3.08. The molecule has 3 aromatic rings. The van der Waals surface area contributed by atoms with E-state index in [1.54, 1.807) is 12.1 Å². The monoisotopic (exact) mass is 402 g/mol. The number of pyridine rings is 1. The van der Waals surface area contributed by atoms with Gasteiger partial charge in [0.25, 0.3) is 0 Å². The number of benzene rings is 2. The Morgan fingerprint density at radius 2 is 1.83 bits per heavy atom. The van der Waals surface area contributed by atoms with Crippen molar-refractivity contribution in [1.82, 2.24) is 4.98 Å². The van der Waals surface area contributed by atoms with Crippen molar-refractivity contribution in [1.29, 1.82) is 0 Å². The molecule has 5 rings (SSSR count). The maximum Gasteiger partial charge on any atom is 0.337 e. The SMILES string of the molecule is COC(=O)c1ccc2c(c1)N=C(C1CCC(c3ccnc4ccc(F)cc34)CC1)C2. The van der Waals surface area contributed by atoms with Gasteiger partial charge in [0.1, 0.15) is 5.82 Å². The van der Waals surface area contributed by atoms with Gasteiger partial charge in [0, 0.05) is 23.7 Å². The molecule has 2 heterocycles. The van der Waals surface area contributed by atoms with Crippen LogP contribution in [-0.2, 0) is 11.2 Å². The predicted molar refractivity (Wildman–Crippen MR) is 115 cm³/mol. The lowest BCUT2D eigenvalue weighted by Gasteiger charge is -2.29. The number of carbonyl (C=O) groups excluding carboxylic acids is 1. The third kappa shape index (κ3) is 3.38. The number of aliphatic imine (C=N–C) groups is 1. The molecule has 0 spiro atoms. The number of aromatic nitrogens is 1. The van der Waals surface area contributed by atoms with Crippen molar-refractivity contribution in [2.75, 3.05) is 7.11 Å². The molecule has 0 N–H and O–H groups in total. The van der Waals surface area contributed by atoms with Crippen molar-refractivity contribution >= 4 is 28.3 Å². The highest BCUT2D eigenvalue weighted by Crippen LogP contribution is 2.41. The summed E-state index contributed by atoms with van der Waals surface area (Å²) >= 11 is 0. The van der Waals surface area contributed by atoms with E-state index in [1.807, 2.05) is 30.5 Å². The number of hydrogen-bond acceptors (Lipinski definition) is 4. The first-order chi connectivity index (χ1) is 14.6. The second-order valence-electron chi connectivity index (χ2n) is 8.23. The molecular formula is C25H23FN2O2. The Bertz CT molecular complexity index is 1160. The fourth-order valence-electron chi connectivity index (χ4n) is 4.92. The summed E-state index contributed by atoms with van der Waals surface area (Å²) in [6, 6.07) is 12.5. The summed E-state index contributed by atoms with van der Waals surface area (Å²) < 4.78 is 18.6. The molecule has 1 aliphatic carbocycles. The Balaban J connectivity index is 1.32. The van der Waals surface area contributed by atoms with Gasteiger partial charge >= 0.3 is 5.97 Å². The summed E-state index contributed by atoms with van der Waals surface area (Å²) in [6.07, 6.45) is 6.95. The standard InChI is InChI=1S/C25H23FN2O2/c1-30-25(29)18-7-6-17-12-23(28-24(17)13-18)16-4-2-15(3-5-16)20-10-11-27-22-9-8-19(26)14-21(20)22/h6-11,13-16H,2-5,12H2,1H3. The zero-order valence-electron chi connectivity index (χ0n) is 16.9. The van der Waals surface area contributed by atoms with Gasteiger partial charge in [-0.2, -0.15) is 0 Å². The van der Waals surface area contributed by atoms with Gasteiger partial charge in [-0.3, -0.25) is 9.98 Å². The van der Waals surface area contributed by atoms with Crippen molar-refractivity contribution in [2.24, 2.45) is 10.9 Å². The summed E-state index contributed by atoms with van der Waals surface area (Å²) in [5, 5.41) is 0.932. The lowest BCUT2D eigenvalue weighted by atomic mass is 9.76. The number of esters is 1. The predicted octanol–water partition coefficient (Wildman–Crippen LogP) is 5.76. The van der Waals surface area contributed by atoms with Crippen molar-refractivity contribution in [2.45, 2.75) is 38.0 Å². The maximum absolute atomic E-state index is 13.8. The zero-order chi connectivity index (χ0) is 20.7. The number of hydrogen-bond donors (Lipinski definition) is 0. The van der Waals surface area contributed by atoms with E-state index in [1.165, 1.54) is 30.0 Å². The molecule has 0 radical (unpaired) electrons. The van der Waals surface area contributed by atoms with E-state index in [9.17, 15) is 9.18 Å². The van der Waals surface area contributed by atoms with E-state index in [4.69, 9.17) is 9.73 Å². The normalized spacial score (nSPS) is 20.7. The highest BCUT2D eigenvalue weighted by molar-refractivity contribution is 5.98. The molecule has 0 saturated heterocycles. The molecule has 4 nitrogen and oxygen atoms in total. The van der Waals surface area contributed by atoms with Crippen LogP contribution in [0.3, 0.4) is 0 Å². The molecule has 5 heteroatoms. The van der Waals surface area contributed by atoms with Gasteiger partial charge in [-0.25, -0.2) is 9.18 Å². The van der Waals surface area contributed by atoms with Crippen LogP contribution >= 0.6 is 0 Å². The number of carbonyl (C=O) groups is 1. The second kappa shape index (κ2) is 7.63. The molecule has 1 aliphatic heterocycles. The molecule has 1 fully saturated rings. The fraction of sp³-hybridized carbons (Fsp3) is 0.320. The van der Waals surface area contributed by atoms with Crippen molar-refractivity contribution in [3.05, 3.63) is 71.2 Å². The van der Waals surface area contributed by atoms with Crippen LogP contribution in [0.5, 0.6) is 0 Å². The first kappa shape index (κ1) is 18.9. The molecule has 152 valence electrons. The molecule has 2 aromatic carbocycles. The Morgan fingerprint density at radius 3 is 2.63 bits per heavy atom. The third-order valence-corrected chi connectivity index (χ3v) is 6.52. The summed E-state index contributed by atoms with van der Waals surface area (Å²) in [6.45, 7) is 0. The van der Waals surface area contributed by atoms with E-state index in [2.05, 4.69) is 4.98 Å². The maximum atomic E-state index is 13.8. The molecule has 0 amide bonds. The van der Waals surface area contributed by atoms with Crippen LogP contribution in [0.15, 0.2) is 53.7 Å². The smallest absolute Gasteiger partial charge is 0.337 e. The van der Waals surface area contributed by atoms with Gasteiger partial charge in [-0.15, -0.1) is 0 Å². The van der Waals surface area contributed by atoms with E-state index in [-0.39, 0.29) is 11.8 Å². The van der Waals surface area contributed by atoms with E-state index in [0.717, 1.165) is 48.7 Å². The van der Waals surface area contributed by atoms with Crippen LogP contribution in [0, 0.1) is 11.7 Å². The Kier molecular flexibility index (Phi) is 4.81.